The molecular weight excluding hydrogens is 569 g/mol. The molecule has 10 rings (SSSR count). The standard InChI is InChI=1S/C46H28O/c1-3-15-33-29(11-1)13-9-20-35(33)31-23-25-40-42(27-31)46(37-21-10-14-30-12-2-4-16-34(30)37)39-19-6-5-18-38(39)45(40)32-24-26-44-41(28-32)36-17-7-8-22-43(36)47-44/h1-28H. The normalized spacial score (nSPS) is 11.8. The summed E-state index contributed by atoms with van der Waals surface area (Å²) in [6.45, 7) is 0. The lowest BCUT2D eigenvalue weighted by atomic mass is 9.83. The second-order valence-electron chi connectivity index (χ2n) is 12.4. The molecule has 0 saturated heterocycles. The van der Waals surface area contributed by atoms with Crippen LogP contribution in [0.1, 0.15) is 0 Å². The maximum absolute atomic E-state index is 6.24. The molecule has 0 fully saturated rings. The van der Waals surface area contributed by atoms with Crippen molar-refractivity contribution in [3.8, 4) is 33.4 Å². The Balaban J connectivity index is 1.36. The summed E-state index contributed by atoms with van der Waals surface area (Å²) < 4.78 is 6.24. The Kier molecular flexibility index (Phi) is 5.64. The fraction of sp³-hybridized carbons (Fsp3) is 0. The summed E-state index contributed by atoms with van der Waals surface area (Å²) in [4.78, 5) is 0. The van der Waals surface area contributed by atoms with Gasteiger partial charge in [-0.3, -0.25) is 0 Å². The minimum atomic E-state index is 0.911. The molecule has 10 aromatic rings. The molecule has 0 aliphatic carbocycles. The Morgan fingerprint density at radius 2 is 0.787 bits per heavy atom. The van der Waals surface area contributed by atoms with Gasteiger partial charge in [-0.2, -0.15) is 0 Å². The Labute approximate surface area is 271 Å². The third-order valence-electron chi connectivity index (χ3n) is 9.85. The van der Waals surface area contributed by atoms with Crippen LogP contribution in [0.2, 0.25) is 0 Å². The Hall–Kier alpha value is -6.18. The highest BCUT2D eigenvalue weighted by Crippen LogP contribution is 2.47. The number of rotatable bonds is 3. The van der Waals surface area contributed by atoms with Gasteiger partial charge in [0.05, 0.1) is 0 Å². The molecule has 0 amide bonds. The van der Waals surface area contributed by atoms with Crippen molar-refractivity contribution in [3.63, 3.8) is 0 Å². The lowest BCUT2D eigenvalue weighted by Crippen LogP contribution is -1.92. The van der Waals surface area contributed by atoms with E-state index in [1.165, 1.54) is 76.5 Å². The van der Waals surface area contributed by atoms with Gasteiger partial charge in [0.1, 0.15) is 11.2 Å². The van der Waals surface area contributed by atoms with Gasteiger partial charge in [0.15, 0.2) is 0 Å². The van der Waals surface area contributed by atoms with E-state index < -0.39 is 0 Å². The Morgan fingerprint density at radius 3 is 1.55 bits per heavy atom. The molecule has 0 atom stereocenters. The number of hydrogen-bond donors (Lipinski definition) is 0. The van der Waals surface area contributed by atoms with Gasteiger partial charge in [0, 0.05) is 10.8 Å². The van der Waals surface area contributed by atoms with Crippen molar-refractivity contribution >= 4 is 65.0 Å². The summed E-state index contributed by atoms with van der Waals surface area (Å²) in [7, 11) is 0. The fourth-order valence-corrected chi connectivity index (χ4v) is 7.75. The first-order valence-electron chi connectivity index (χ1n) is 16.2. The first-order chi connectivity index (χ1) is 23.3. The van der Waals surface area contributed by atoms with Crippen LogP contribution >= 0.6 is 0 Å². The van der Waals surface area contributed by atoms with E-state index in [-0.39, 0.29) is 0 Å². The molecule has 1 heteroatoms. The summed E-state index contributed by atoms with van der Waals surface area (Å²) >= 11 is 0. The highest BCUT2D eigenvalue weighted by atomic mass is 16.3. The zero-order valence-corrected chi connectivity index (χ0v) is 25.6. The van der Waals surface area contributed by atoms with Gasteiger partial charge in [-0.25, -0.2) is 0 Å². The maximum atomic E-state index is 6.24. The van der Waals surface area contributed by atoms with Crippen LogP contribution in [0, 0.1) is 0 Å². The van der Waals surface area contributed by atoms with Crippen molar-refractivity contribution in [2.75, 3.05) is 0 Å². The number of benzene rings is 9. The summed E-state index contributed by atoms with van der Waals surface area (Å²) in [5.74, 6) is 0. The van der Waals surface area contributed by atoms with Crippen LogP contribution in [0.5, 0.6) is 0 Å². The quantitative estimate of drug-likeness (QED) is 0.185. The molecule has 0 unspecified atom stereocenters. The minimum Gasteiger partial charge on any atom is -0.456 e. The van der Waals surface area contributed by atoms with Crippen LogP contribution in [-0.2, 0) is 0 Å². The lowest BCUT2D eigenvalue weighted by Gasteiger charge is -2.20. The van der Waals surface area contributed by atoms with Crippen LogP contribution in [0.4, 0.5) is 0 Å². The predicted molar refractivity (Wildman–Crippen MR) is 200 cm³/mol. The summed E-state index contributed by atoms with van der Waals surface area (Å²) in [6, 6.07) is 61.7. The molecule has 47 heavy (non-hydrogen) atoms. The molecule has 0 spiro atoms. The Bertz CT molecular complexity index is 2840. The largest absolute Gasteiger partial charge is 0.456 e. The molecule has 0 bridgehead atoms. The Morgan fingerprint density at radius 1 is 0.277 bits per heavy atom. The van der Waals surface area contributed by atoms with Crippen LogP contribution in [0.15, 0.2) is 174 Å². The predicted octanol–water partition coefficient (Wildman–Crippen LogP) is 13.2. The molecule has 1 nitrogen and oxygen atoms in total. The summed E-state index contributed by atoms with van der Waals surface area (Å²) in [5, 5.41) is 12.3. The van der Waals surface area contributed by atoms with Crippen molar-refractivity contribution in [2.45, 2.75) is 0 Å². The van der Waals surface area contributed by atoms with E-state index in [4.69, 9.17) is 4.42 Å². The van der Waals surface area contributed by atoms with Gasteiger partial charge in [0.25, 0.3) is 0 Å². The topological polar surface area (TPSA) is 13.1 Å². The average molecular weight is 597 g/mol. The lowest BCUT2D eigenvalue weighted by molar-refractivity contribution is 0.669. The smallest absolute Gasteiger partial charge is 0.135 e. The average Bonchev–Trinajstić information content (AvgIpc) is 3.51. The summed E-state index contributed by atoms with van der Waals surface area (Å²) in [6.07, 6.45) is 0. The van der Waals surface area contributed by atoms with E-state index in [1.54, 1.807) is 0 Å². The van der Waals surface area contributed by atoms with Crippen molar-refractivity contribution in [2.24, 2.45) is 0 Å². The van der Waals surface area contributed by atoms with Gasteiger partial charge in [-0.15, -0.1) is 0 Å². The first-order valence-corrected chi connectivity index (χ1v) is 16.2. The molecule has 0 aliphatic rings. The molecule has 1 aromatic heterocycles. The van der Waals surface area contributed by atoms with Crippen LogP contribution in [0.25, 0.3) is 98.4 Å². The third-order valence-corrected chi connectivity index (χ3v) is 9.85. The molecule has 9 aromatic carbocycles. The second-order valence-corrected chi connectivity index (χ2v) is 12.4. The molecule has 0 N–H and O–H groups in total. The van der Waals surface area contributed by atoms with Gasteiger partial charge in [0.2, 0.25) is 0 Å². The number of fused-ring (bicyclic) bond motifs is 7. The van der Waals surface area contributed by atoms with E-state index in [9.17, 15) is 0 Å². The molecule has 0 aliphatic heterocycles. The second kappa shape index (κ2) is 10.2. The van der Waals surface area contributed by atoms with Crippen molar-refractivity contribution in [3.05, 3.63) is 170 Å². The van der Waals surface area contributed by atoms with E-state index >= 15 is 0 Å². The number of furan rings is 1. The summed E-state index contributed by atoms with van der Waals surface area (Å²) in [5.41, 5.74) is 9.25. The monoisotopic (exact) mass is 596 g/mol. The van der Waals surface area contributed by atoms with Gasteiger partial charge >= 0.3 is 0 Å². The molecular formula is C46H28O. The van der Waals surface area contributed by atoms with Gasteiger partial charge in [-0.05, 0) is 101 Å². The zero-order valence-electron chi connectivity index (χ0n) is 25.6. The molecule has 0 radical (unpaired) electrons. The van der Waals surface area contributed by atoms with Crippen molar-refractivity contribution in [1.82, 2.24) is 0 Å². The SMILES string of the molecule is c1ccc2c(-c3ccc4c(-c5ccc6oc7ccccc7c6c5)c5ccccc5c(-c5cccc6ccccc56)c4c3)cccc2c1. The number of hydrogen-bond acceptors (Lipinski definition) is 1. The van der Waals surface area contributed by atoms with E-state index in [0.29, 0.717) is 0 Å². The molecule has 1 heterocycles. The van der Waals surface area contributed by atoms with E-state index in [1.807, 2.05) is 12.1 Å². The van der Waals surface area contributed by atoms with Gasteiger partial charge in [-0.1, -0.05) is 146 Å². The van der Waals surface area contributed by atoms with Gasteiger partial charge < -0.3 is 4.42 Å². The molecule has 218 valence electrons. The highest BCUT2D eigenvalue weighted by Gasteiger charge is 2.20. The van der Waals surface area contributed by atoms with Crippen molar-refractivity contribution in [1.29, 1.82) is 0 Å². The van der Waals surface area contributed by atoms with E-state index in [2.05, 4.69) is 158 Å². The third kappa shape index (κ3) is 3.97. The maximum Gasteiger partial charge on any atom is 0.135 e. The number of para-hydroxylation sites is 1. The van der Waals surface area contributed by atoms with Crippen LogP contribution in [0.3, 0.4) is 0 Å². The fourth-order valence-electron chi connectivity index (χ4n) is 7.75. The zero-order chi connectivity index (χ0) is 30.9. The minimum absolute atomic E-state index is 0.911. The van der Waals surface area contributed by atoms with Crippen LogP contribution < -0.4 is 0 Å². The van der Waals surface area contributed by atoms with Crippen LogP contribution in [-0.4, -0.2) is 0 Å². The first kappa shape index (κ1) is 26.1. The molecule has 0 saturated carbocycles. The highest BCUT2D eigenvalue weighted by molar-refractivity contribution is 6.24. The van der Waals surface area contributed by atoms with E-state index in [0.717, 1.165) is 21.9 Å². The van der Waals surface area contributed by atoms with Crippen molar-refractivity contribution < 1.29 is 4.42 Å².